The van der Waals surface area contributed by atoms with E-state index in [1.807, 2.05) is 31.2 Å². The molecule has 0 heterocycles. The van der Waals surface area contributed by atoms with Crippen LogP contribution in [0.1, 0.15) is 23.6 Å². The second-order valence-electron chi connectivity index (χ2n) is 10.00. The van der Waals surface area contributed by atoms with Crippen LogP contribution in [0.4, 0.5) is 35.1 Å². The molecule has 0 aliphatic heterocycles. The van der Waals surface area contributed by atoms with Gasteiger partial charge >= 0.3 is 12.4 Å². The highest BCUT2D eigenvalue weighted by molar-refractivity contribution is 7.89. The highest BCUT2D eigenvalue weighted by Crippen LogP contribution is 2.31. The number of aryl methyl sites for hydroxylation is 1. The number of nitrogens with one attached hydrogen (secondary N) is 2. The fourth-order valence-electron chi connectivity index (χ4n) is 4.20. The number of hydrogen-bond donors (Lipinski definition) is 3. The normalized spacial score (nSPS) is 13.8. The van der Waals surface area contributed by atoms with Crippen LogP contribution in [0.3, 0.4) is 0 Å². The lowest BCUT2D eigenvalue weighted by Gasteiger charge is -2.25. The molecule has 0 fully saturated rings. The molecule has 0 radical (unpaired) electrons. The summed E-state index contributed by atoms with van der Waals surface area (Å²) in [6.07, 6.45) is -11.0. The first-order valence-corrected chi connectivity index (χ1v) is 14.9. The van der Waals surface area contributed by atoms with E-state index in [2.05, 4.69) is 19.5 Å². The van der Waals surface area contributed by atoms with E-state index in [4.69, 9.17) is 0 Å². The monoisotopic (exact) mass is 670 g/mol. The van der Waals surface area contributed by atoms with Gasteiger partial charge in [-0.05, 0) is 53.8 Å². The molecule has 0 spiro atoms. The zero-order valence-electron chi connectivity index (χ0n) is 23.7. The Morgan fingerprint density at radius 2 is 1.44 bits per heavy atom. The number of halogens is 8. The van der Waals surface area contributed by atoms with E-state index in [-0.39, 0.29) is 18.7 Å². The Bertz CT molecular complexity index is 1510. The van der Waals surface area contributed by atoms with Crippen molar-refractivity contribution in [2.45, 2.75) is 55.7 Å². The maximum Gasteiger partial charge on any atom is 0.422 e. The molecule has 248 valence electrons. The first kappa shape index (κ1) is 36.0. The van der Waals surface area contributed by atoms with Gasteiger partial charge in [0.15, 0.2) is 13.2 Å². The molecular weight excluding hydrogens is 640 g/mol. The summed E-state index contributed by atoms with van der Waals surface area (Å²) in [7, 11) is -4.98. The fraction of sp³-hybridized carbons (Fsp3) is 0.379. The molecule has 0 aromatic heterocycles. The van der Waals surface area contributed by atoms with Crippen LogP contribution in [0.25, 0.3) is 0 Å². The zero-order valence-corrected chi connectivity index (χ0v) is 24.5. The van der Waals surface area contributed by atoms with Gasteiger partial charge in [0.25, 0.3) is 0 Å². The van der Waals surface area contributed by atoms with Crippen molar-refractivity contribution in [3.63, 3.8) is 0 Å². The maximum absolute atomic E-state index is 13.9. The molecule has 0 bridgehead atoms. The third-order valence-corrected chi connectivity index (χ3v) is 7.74. The summed E-state index contributed by atoms with van der Waals surface area (Å²) in [5.41, 5.74) is 1.80. The Morgan fingerprint density at radius 3 is 2.07 bits per heavy atom. The summed E-state index contributed by atoms with van der Waals surface area (Å²) < 4.78 is 143. The number of alkyl halides is 6. The Labute approximate surface area is 254 Å². The van der Waals surface area contributed by atoms with Crippen molar-refractivity contribution in [1.82, 2.24) is 10.0 Å². The van der Waals surface area contributed by atoms with E-state index in [1.54, 1.807) is 0 Å². The summed E-state index contributed by atoms with van der Waals surface area (Å²) >= 11 is 0. The van der Waals surface area contributed by atoms with Gasteiger partial charge in [-0.15, -0.1) is 0 Å². The van der Waals surface area contributed by atoms with Gasteiger partial charge in [-0.1, -0.05) is 31.2 Å². The van der Waals surface area contributed by atoms with E-state index >= 15 is 0 Å². The Morgan fingerprint density at radius 1 is 0.822 bits per heavy atom. The number of ether oxygens (including phenoxy) is 2. The molecule has 3 aromatic carbocycles. The topological polar surface area (TPSA) is 96.9 Å². The van der Waals surface area contributed by atoms with Crippen molar-refractivity contribution in [2.24, 2.45) is 0 Å². The van der Waals surface area contributed by atoms with Crippen LogP contribution in [-0.4, -0.2) is 57.8 Å². The quantitative estimate of drug-likeness (QED) is 0.186. The molecule has 7 nitrogen and oxygen atoms in total. The zero-order chi connectivity index (χ0) is 33.4. The predicted octanol–water partition coefficient (Wildman–Crippen LogP) is 5.45. The largest absolute Gasteiger partial charge is 0.484 e. The van der Waals surface area contributed by atoms with Gasteiger partial charge in [0.05, 0.1) is 12.1 Å². The summed E-state index contributed by atoms with van der Waals surface area (Å²) in [6, 6.07) is 10.3. The Kier molecular flexibility index (Phi) is 12.2. The van der Waals surface area contributed by atoms with E-state index in [0.29, 0.717) is 18.2 Å². The second kappa shape index (κ2) is 15.2. The summed E-state index contributed by atoms with van der Waals surface area (Å²) in [6.45, 7) is -1.82. The van der Waals surface area contributed by atoms with Crippen molar-refractivity contribution < 1.29 is 58.1 Å². The molecule has 0 aliphatic carbocycles. The Balaban J connectivity index is 1.92. The standard InChI is InChI=1S/C29H30F8N2O5S/c1-2-18-4-3-5-19(8-18)14-38-15-25(40)24(11-20-9-21(30)12-22(31)10-20)39-45(41,42)27-13-23(43-16-28(32,33)34)6-7-26(27)44-17-29(35,36)37/h3-10,12-13,24-25,38-40H,2,11,14-17H2,1H3/t24-,25+/m1/s1. The minimum absolute atomic E-state index is 0.0781. The van der Waals surface area contributed by atoms with Gasteiger partial charge in [-0.2, -0.15) is 26.3 Å². The van der Waals surface area contributed by atoms with Crippen molar-refractivity contribution in [1.29, 1.82) is 0 Å². The van der Waals surface area contributed by atoms with Crippen LogP contribution in [0.15, 0.2) is 65.6 Å². The van der Waals surface area contributed by atoms with Gasteiger partial charge in [-0.25, -0.2) is 21.9 Å². The van der Waals surface area contributed by atoms with Crippen LogP contribution in [0.5, 0.6) is 11.5 Å². The van der Waals surface area contributed by atoms with Crippen LogP contribution >= 0.6 is 0 Å². The molecular formula is C29H30F8N2O5S. The SMILES string of the molecule is CCc1cccc(CNC[C@H](O)[C@@H](Cc2cc(F)cc(F)c2)NS(=O)(=O)c2cc(OCC(F)(F)F)ccc2OCC(F)(F)F)c1. The molecule has 0 saturated heterocycles. The first-order chi connectivity index (χ1) is 20.9. The third-order valence-electron chi connectivity index (χ3n) is 6.23. The van der Waals surface area contributed by atoms with Gasteiger partial charge < -0.3 is 19.9 Å². The van der Waals surface area contributed by atoms with Crippen LogP contribution in [-0.2, 0) is 29.4 Å². The number of rotatable bonds is 15. The molecule has 16 heteroatoms. The number of sulfonamides is 1. The summed E-state index contributed by atoms with van der Waals surface area (Å²) in [5.74, 6) is -3.52. The average Bonchev–Trinajstić information content (AvgIpc) is 2.93. The number of hydrogen-bond acceptors (Lipinski definition) is 6. The Hall–Kier alpha value is -3.47. The number of aliphatic hydroxyl groups is 1. The van der Waals surface area contributed by atoms with Gasteiger partial charge in [0.1, 0.15) is 28.0 Å². The first-order valence-electron chi connectivity index (χ1n) is 13.4. The minimum atomic E-state index is -4.98. The molecule has 3 rings (SSSR count). The van der Waals surface area contributed by atoms with E-state index in [0.717, 1.165) is 35.7 Å². The average molecular weight is 671 g/mol. The summed E-state index contributed by atoms with van der Waals surface area (Å²) in [5, 5.41) is 13.9. The van der Waals surface area contributed by atoms with Crippen molar-refractivity contribution in [3.05, 3.63) is 89.0 Å². The van der Waals surface area contributed by atoms with Crippen molar-refractivity contribution in [2.75, 3.05) is 19.8 Å². The molecule has 3 aromatic rings. The molecule has 2 atom stereocenters. The van der Waals surface area contributed by atoms with Crippen LogP contribution in [0.2, 0.25) is 0 Å². The highest BCUT2D eigenvalue weighted by atomic mass is 32.2. The predicted molar refractivity (Wildman–Crippen MR) is 147 cm³/mol. The lowest BCUT2D eigenvalue weighted by atomic mass is 10.0. The van der Waals surface area contributed by atoms with E-state index in [1.165, 1.54) is 0 Å². The number of aliphatic hydroxyl groups excluding tert-OH is 1. The molecule has 0 aliphatic rings. The number of benzene rings is 3. The van der Waals surface area contributed by atoms with Gasteiger partial charge in [0, 0.05) is 25.2 Å². The van der Waals surface area contributed by atoms with Crippen molar-refractivity contribution >= 4 is 10.0 Å². The smallest absolute Gasteiger partial charge is 0.422 e. The molecule has 3 N–H and O–H groups in total. The lowest BCUT2D eigenvalue weighted by molar-refractivity contribution is -0.154. The second-order valence-corrected chi connectivity index (χ2v) is 11.7. The van der Waals surface area contributed by atoms with Crippen LogP contribution in [0, 0.1) is 11.6 Å². The van der Waals surface area contributed by atoms with E-state index in [9.17, 15) is 48.6 Å². The molecule has 45 heavy (non-hydrogen) atoms. The maximum atomic E-state index is 13.9. The summed E-state index contributed by atoms with van der Waals surface area (Å²) in [4.78, 5) is -1.03. The highest BCUT2D eigenvalue weighted by Gasteiger charge is 2.33. The molecule has 0 amide bonds. The molecule has 0 unspecified atom stereocenters. The van der Waals surface area contributed by atoms with Gasteiger partial charge in [0.2, 0.25) is 10.0 Å². The minimum Gasteiger partial charge on any atom is -0.484 e. The lowest BCUT2D eigenvalue weighted by Crippen LogP contribution is -2.48. The molecule has 0 saturated carbocycles. The fourth-order valence-corrected chi connectivity index (χ4v) is 5.63. The van der Waals surface area contributed by atoms with Crippen LogP contribution < -0.4 is 19.5 Å². The van der Waals surface area contributed by atoms with Crippen molar-refractivity contribution in [3.8, 4) is 11.5 Å². The third kappa shape index (κ3) is 12.1. The van der Waals surface area contributed by atoms with E-state index < -0.39 is 82.2 Å². The van der Waals surface area contributed by atoms with Gasteiger partial charge in [-0.3, -0.25) is 0 Å².